The molecule has 0 radical (unpaired) electrons. The molecule has 1 rings (SSSR count). The van der Waals surface area contributed by atoms with Crippen LogP contribution in [0, 0.1) is 0 Å². The fourth-order valence-corrected chi connectivity index (χ4v) is 1.33. The SMILES string of the molecule is COc1cccc(C(=O)NC(C)(C)CO)c1N. The molecular weight excluding hydrogens is 220 g/mol. The molecule has 0 aliphatic carbocycles. The Hall–Kier alpha value is -1.75. The maximum atomic E-state index is 12.0. The van der Waals surface area contributed by atoms with Crippen molar-refractivity contribution in [1.82, 2.24) is 5.32 Å². The first-order valence-electron chi connectivity index (χ1n) is 5.27. The third-order valence-electron chi connectivity index (χ3n) is 2.38. The monoisotopic (exact) mass is 238 g/mol. The number of benzene rings is 1. The zero-order valence-electron chi connectivity index (χ0n) is 10.3. The maximum absolute atomic E-state index is 12.0. The van der Waals surface area contributed by atoms with Crippen LogP contribution in [0.15, 0.2) is 18.2 Å². The van der Waals surface area contributed by atoms with Crippen molar-refractivity contribution in [2.75, 3.05) is 19.5 Å². The Morgan fingerprint density at radius 1 is 1.53 bits per heavy atom. The summed E-state index contributed by atoms with van der Waals surface area (Å²) in [7, 11) is 1.49. The summed E-state index contributed by atoms with van der Waals surface area (Å²) in [5.74, 6) is 0.125. The summed E-state index contributed by atoms with van der Waals surface area (Å²) >= 11 is 0. The lowest BCUT2D eigenvalue weighted by molar-refractivity contribution is 0.0870. The summed E-state index contributed by atoms with van der Waals surface area (Å²) in [5.41, 5.74) is 5.75. The van der Waals surface area contributed by atoms with Crippen LogP contribution in [-0.4, -0.2) is 30.3 Å². The number of amides is 1. The van der Waals surface area contributed by atoms with Crippen molar-refractivity contribution in [2.24, 2.45) is 0 Å². The second-order valence-electron chi connectivity index (χ2n) is 4.42. The number of para-hydroxylation sites is 1. The fourth-order valence-electron chi connectivity index (χ4n) is 1.33. The topological polar surface area (TPSA) is 84.6 Å². The zero-order valence-corrected chi connectivity index (χ0v) is 10.3. The highest BCUT2D eigenvalue weighted by molar-refractivity contribution is 6.00. The van der Waals surface area contributed by atoms with Gasteiger partial charge in [0.2, 0.25) is 0 Å². The van der Waals surface area contributed by atoms with E-state index in [1.54, 1.807) is 32.0 Å². The number of anilines is 1. The van der Waals surface area contributed by atoms with E-state index in [0.717, 1.165) is 0 Å². The minimum Gasteiger partial charge on any atom is -0.495 e. The van der Waals surface area contributed by atoms with Crippen LogP contribution in [0.4, 0.5) is 5.69 Å². The smallest absolute Gasteiger partial charge is 0.254 e. The molecule has 1 aromatic rings. The molecule has 0 aliphatic heterocycles. The summed E-state index contributed by atoms with van der Waals surface area (Å²) in [6, 6.07) is 4.99. The van der Waals surface area contributed by atoms with Crippen molar-refractivity contribution < 1.29 is 14.6 Å². The number of nitrogens with one attached hydrogen (secondary N) is 1. The molecule has 0 spiro atoms. The van der Waals surface area contributed by atoms with Gasteiger partial charge < -0.3 is 20.9 Å². The van der Waals surface area contributed by atoms with Crippen LogP contribution in [0.1, 0.15) is 24.2 Å². The van der Waals surface area contributed by atoms with Crippen LogP contribution in [0.25, 0.3) is 0 Å². The minimum absolute atomic E-state index is 0.150. The van der Waals surface area contributed by atoms with Crippen molar-refractivity contribution >= 4 is 11.6 Å². The van der Waals surface area contributed by atoms with Gasteiger partial charge in [-0.05, 0) is 26.0 Å². The number of methoxy groups -OCH3 is 1. The molecule has 0 fully saturated rings. The number of rotatable bonds is 4. The number of ether oxygens (including phenoxy) is 1. The minimum atomic E-state index is -0.688. The van der Waals surface area contributed by atoms with E-state index in [4.69, 9.17) is 15.6 Å². The maximum Gasteiger partial charge on any atom is 0.254 e. The van der Waals surface area contributed by atoms with Crippen molar-refractivity contribution in [1.29, 1.82) is 0 Å². The van der Waals surface area contributed by atoms with E-state index in [2.05, 4.69) is 5.32 Å². The first-order valence-corrected chi connectivity index (χ1v) is 5.27. The number of carbonyl (C=O) groups excluding carboxylic acids is 1. The van der Waals surface area contributed by atoms with E-state index in [1.807, 2.05) is 0 Å². The van der Waals surface area contributed by atoms with Gasteiger partial charge in [0, 0.05) is 0 Å². The molecule has 94 valence electrons. The normalized spacial score (nSPS) is 11.1. The first-order chi connectivity index (χ1) is 7.91. The molecule has 0 unspecified atom stereocenters. The van der Waals surface area contributed by atoms with Gasteiger partial charge in [-0.3, -0.25) is 4.79 Å². The lowest BCUT2D eigenvalue weighted by Crippen LogP contribution is -2.46. The number of nitrogens with two attached hydrogens (primary N) is 1. The number of hydrogen-bond donors (Lipinski definition) is 3. The van der Waals surface area contributed by atoms with Crippen LogP contribution >= 0.6 is 0 Å². The van der Waals surface area contributed by atoms with Gasteiger partial charge in [0.15, 0.2) is 0 Å². The summed E-state index contributed by atoms with van der Waals surface area (Å²) in [6.45, 7) is 3.30. The molecule has 4 N–H and O–H groups in total. The van der Waals surface area contributed by atoms with Gasteiger partial charge in [0.25, 0.3) is 5.91 Å². The number of hydrogen-bond acceptors (Lipinski definition) is 4. The summed E-state index contributed by atoms with van der Waals surface area (Å²) < 4.78 is 5.04. The largest absolute Gasteiger partial charge is 0.495 e. The van der Waals surface area contributed by atoms with Gasteiger partial charge in [-0.15, -0.1) is 0 Å². The lowest BCUT2D eigenvalue weighted by atomic mass is 10.1. The Bertz CT molecular complexity index is 416. The molecule has 1 aromatic carbocycles. The summed E-state index contributed by atoms with van der Waals surface area (Å²) in [6.07, 6.45) is 0. The molecule has 17 heavy (non-hydrogen) atoms. The average Bonchev–Trinajstić information content (AvgIpc) is 2.28. The number of nitrogen functional groups attached to an aromatic ring is 1. The second kappa shape index (κ2) is 5.05. The third kappa shape index (κ3) is 3.10. The molecule has 5 heteroatoms. The summed E-state index contributed by atoms with van der Waals surface area (Å²) in [4.78, 5) is 12.0. The third-order valence-corrected chi connectivity index (χ3v) is 2.38. The van der Waals surface area contributed by atoms with Crippen molar-refractivity contribution in [3.05, 3.63) is 23.8 Å². The van der Waals surface area contributed by atoms with Gasteiger partial charge in [0.05, 0.1) is 30.5 Å². The highest BCUT2D eigenvalue weighted by Crippen LogP contribution is 2.24. The van der Waals surface area contributed by atoms with Crippen molar-refractivity contribution in [3.63, 3.8) is 0 Å². The Morgan fingerprint density at radius 2 is 2.18 bits per heavy atom. The molecule has 0 saturated carbocycles. The summed E-state index contributed by atoms with van der Waals surface area (Å²) in [5, 5.41) is 11.8. The Labute approximate surface area is 101 Å². The van der Waals surface area contributed by atoms with E-state index in [0.29, 0.717) is 17.0 Å². The Balaban J connectivity index is 2.97. The van der Waals surface area contributed by atoms with Gasteiger partial charge in [0.1, 0.15) is 5.75 Å². The molecule has 0 heterocycles. The number of carbonyl (C=O) groups is 1. The van der Waals surface area contributed by atoms with E-state index in [1.165, 1.54) is 7.11 Å². The molecule has 5 nitrogen and oxygen atoms in total. The predicted molar refractivity (Wildman–Crippen MR) is 66.0 cm³/mol. The number of aliphatic hydroxyl groups excluding tert-OH is 1. The molecule has 0 aliphatic rings. The second-order valence-corrected chi connectivity index (χ2v) is 4.42. The predicted octanol–water partition coefficient (Wildman–Crippen LogP) is 0.778. The van der Waals surface area contributed by atoms with Crippen LogP contribution in [0.3, 0.4) is 0 Å². The quantitative estimate of drug-likeness (QED) is 0.677. The van der Waals surface area contributed by atoms with Gasteiger partial charge in [-0.1, -0.05) is 6.07 Å². The van der Waals surface area contributed by atoms with Crippen molar-refractivity contribution in [3.8, 4) is 5.75 Å². The first kappa shape index (κ1) is 13.3. The van der Waals surface area contributed by atoms with E-state index < -0.39 is 5.54 Å². The van der Waals surface area contributed by atoms with Crippen LogP contribution in [-0.2, 0) is 0 Å². The average molecular weight is 238 g/mol. The van der Waals surface area contributed by atoms with Crippen LogP contribution in [0.2, 0.25) is 0 Å². The van der Waals surface area contributed by atoms with E-state index in [-0.39, 0.29) is 12.5 Å². The highest BCUT2D eigenvalue weighted by Gasteiger charge is 2.22. The lowest BCUT2D eigenvalue weighted by Gasteiger charge is -2.24. The molecule has 0 atom stereocenters. The Kier molecular flexibility index (Phi) is 3.96. The van der Waals surface area contributed by atoms with Gasteiger partial charge >= 0.3 is 0 Å². The van der Waals surface area contributed by atoms with Gasteiger partial charge in [-0.2, -0.15) is 0 Å². The molecule has 0 aromatic heterocycles. The van der Waals surface area contributed by atoms with Gasteiger partial charge in [-0.25, -0.2) is 0 Å². The van der Waals surface area contributed by atoms with Crippen molar-refractivity contribution in [2.45, 2.75) is 19.4 Å². The molecule has 0 bridgehead atoms. The fraction of sp³-hybridized carbons (Fsp3) is 0.417. The van der Waals surface area contributed by atoms with E-state index in [9.17, 15) is 4.79 Å². The van der Waals surface area contributed by atoms with E-state index >= 15 is 0 Å². The standard InChI is InChI=1S/C12H18N2O3/c1-12(2,7-15)14-11(16)8-5-4-6-9(17-3)10(8)13/h4-6,15H,7,13H2,1-3H3,(H,14,16). The van der Waals surface area contributed by atoms with Crippen LogP contribution < -0.4 is 15.8 Å². The molecular formula is C12H18N2O3. The zero-order chi connectivity index (χ0) is 13.1. The molecule has 1 amide bonds. The Morgan fingerprint density at radius 3 is 2.71 bits per heavy atom. The molecule has 0 saturated heterocycles. The van der Waals surface area contributed by atoms with Crippen LogP contribution in [0.5, 0.6) is 5.75 Å². The highest BCUT2D eigenvalue weighted by atomic mass is 16.5. The number of aliphatic hydroxyl groups is 1.